The number of nitrogens with zero attached hydrogens (tertiary/aromatic N) is 1. The molecule has 0 fully saturated rings. The second kappa shape index (κ2) is 6.33. The maximum absolute atomic E-state index is 11.3. The average molecular weight is 186 g/mol. The van der Waals surface area contributed by atoms with Gasteiger partial charge in [0.15, 0.2) is 0 Å². The van der Waals surface area contributed by atoms with Crippen LogP contribution in [0.3, 0.4) is 0 Å². The number of nitrogens with one attached hydrogen (secondary N) is 1. The van der Waals surface area contributed by atoms with E-state index in [0.717, 1.165) is 6.08 Å². The van der Waals surface area contributed by atoms with Crippen molar-refractivity contribution in [2.45, 2.75) is 0 Å². The predicted octanol–water partition coefficient (Wildman–Crippen LogP) is 1.54. The molecule has 0 radical (unpaired) electrons. The number of halogens is 2. The van der Waals surface area contributed by atoms with Crippen molar-refractivity contribution < 1.29 is 18.4 Å². The average Bonchev–Trinajstić information content (AvgIpc) is 1.63. The summed E-state index contributed by atoms with van der Waals surface area (Å²) in [5, 5.41) is 5.40. The van der Waals surface area contributed by atoms with E-state index >= 15 is 0 Å². The molecule has 8 heteroatoms. The summed E-state index contributed by atoms with van der Waals surface area (Å²) in [4.78, 5) is 17.4. The van der Waals surface area contributed by atoms with Gasteiger partial charge in [-0.05, 0) is 0 Å². The van der Waals surface area contributed by atoms with Crippen LogP contribution in [0, 0.1) is 5.41 Å². The van der Waals surface area contributed by atoms with Gasteiger partial charge in [-0.15, -0.1) is 8.96 Å². The van der Waals surface area contributed by atoms with Crippen LogP contribution in [0.25, 0.3) is 0 Å². The third kappa shape index (κ3) is 27.0. The van der Waals surface area contributed by atoms with Crippen LogP contribution in [0.2, 0.25) is 0 Å². The smallest absolute Gasteiger partial charge is 0.241 e. The monoisotopic (exact) mass is 186 g/mol. The topological polar surface area (TPSA) is 87.4 Å². The fourth-order valence-electron chi connectivity index (χ4n) is 0.0475. The fraction of sp³-hybridized carbons (Fsp3) is 0. The van der Waals surface area contributed by atoms with E-state index < -0.39 is 6.96 Å². The first-order chi connectivity index (χ1) is 4.47. The first-order valence-corrected chi connectivity index (χ1v) is 4.06. The zero-order valence-corrected chi connectivity index (χ0v) is 6.03. The van der Waals surface area contributed by atoms with Gasteiger partial charge in [-0.2, -0.15) is 0 Å². The zero-order chi connectivity index (χ0) is 8.62. The summed E-state index contributed by atoms with van der Waals surface area (Å²) in [6, 6.07) is 0. The lowest BCUT2D eigenvalue weighted by Crippen LogP contribution is -1.47. The van der Waals surface area contributed by atoms with Crippen LogP contribution < -0.4 is 0 Å². The van der Waals surface area contributed by atoms with Crippen molar-refractivity contribution in [3.8, 4) is 0 Å². The van der Waals surface area contributed by atoms with E-state index in [0.29, 0.717) is 6.08 Å². The first-order valence-electron chi connectivity index (χ1n) is 1.60. The Kier molecular flexibility index (Phi) is 7.56. The molecule has 10 heavy (non-hydrogen) atoms. The molecule has 0 aromatic rings. The summed E-state index contributed by atoms with van der Waals surface area (Å²) in [6.07, 6.45) is 1.46. The van der Waals surface area contributed by atoms with E-state index in [9.17, 15) is 8.76 Å². The molecule has 1 unspecified atom stereocenters. The summed E-state index contributed by atoms with van der Waals surface area (Å²) >= 11 is 4.29. The lowest BCUT2D eigenvalue weighted by molar-refractivity contribution is 0.550. The maximum Gasteiger partial charge on any atom is 0.452 e. The number of hydrogen-bond acceptors (Lipinski definition) is 4. The third-order valence-corrected chi connectivity index (χ3v) is 0.699. The minimum atomic E-state index is -4.49. The van der Waals surface area contributed by atoms with Crippen LogP contribution in [0.15, 0.2) is 4.76 Å². The van der Waals surface area contributed by atoms with Gasteiger partial charge in [0.25, 0.3) is 0 Å². The quantitative estimate of drug-likeness (QED) is 0.383. The second-order valence-corrected chi connectivity index (χ2v) is 3.05. The summed E-state index contributed by atoms with van der Waals surface area (Å²) in [6.45, 7) is -4.49. The molecule has 1 atom stereocenters. The summed E-state index contributed by atoms with van der Waals surface area (Å²) < 4.78 is 22.9. The number of rotatable bonds is 1. The maximum atomic E-state index is 11.3. The zero-order valence-electron chi connectivity index (χ0n) is 4.38. The molecule has 0 aromatic heterocycles. The molecule has 0 aromatic carbocycles. The van der Waals surface area contributed by atoms with Gasteiger partial charge in [0.05, 0.1) is 0 Å². The molecular formula is C2HClFN2O3P. The van der Waals surface area contributed by atoms with Crippen molar-refractivity contribution in [1.82, 2.24) is 0 Å². The molecule has 0 aliphatic rings. The van der Waals surface area contributed by atoms with Crippen molar-refractivity contribution in [2.24, 2.45) is 4.76 Å². The Labute approximate surface area is 59.7 Å². The van der Waals surface area contributed by atoms with E-state index in [-0.39, 0.29) is 0 Å². The Balaban J connectivity index is 0. The van der Waals surface area contributed by atoms with Gasteiger partial charge in [-0.1, -0.05) is 0 Å². The Bertz CT molecular complexity index is 213. The lowest BCUT2D eigenvalue weighted by atomic mass is 11.7. The first kappa shape index (κ1) is 11.9. The second-order valence-electron chi connectivity index (χ2n) is 0.728. The molecule has 56 valence electrons. The molecule has 0 aliphatic carbocycles. The Morgan fingerprint density at radius 1 is 1.60 bits per heavy atom. The minimum Gasteiger partial charge on any atom is -0.241 e. The molecular weight excluding hydrogens is 185 g/mol. The normalized spacial score (nSPS) is 12.6. The number of isocyanates is 2. The molecule has 1 N–H and O–H groups in total. The largest absolute Gasteiger partial charge is 0.452 e. The van der Waals surface area contributed by atoms with Gasteiger partial charge < -0.3 is 0 Å². The summed E-state index contributed by atoms with van der Waals surface area (Å²) in [5.74, 6) is 0. The van der Waals surface area contributed by atoms with Gasteiger partial charge in [0.2, 0.25) is 12.2 Å². The molecule has 0 rings (SSSR count). The van der Waals surface area contributed by atoms with Crippen LogP contribution in [0.5, 0.6) is 0 Å². The van der Waals surface area contributed by atoms with Crippen LogP contribution in [-0.4, -0.2) is 12.2 Å². The molecule has 5 nitrogen and oxygen atoms in total. The van der Waals surface area contributed by atoms with Crippen molar-refractivity contribution in [1.29, 1.82) is 5.41 Å². The van der Waals surface area contributed by atoms with Crippen LogP contribution >= 0.6 is 18.2 Å². The highest BCUT2D eigenvalue weighted by Crippen LogP contribution is 2.53. The summed E-state index contributed by atoms with van der Waals surface area (Å²) in [5.41, 5.74) is 0. The molecule has 0 bridgehead atoms. The lowest BCUT2D eigenvalue weighted by Gasteiger charge is -1.77. The highest BCUT2D eigenvalue weighted by Gasteiger charge is 2.11. The standard InChI is InChI=1S/CClFNO2P.CHNO/c2-7(3,6)4-1-5;2-1-3/h;2H. The molecule has 0 aliphatic heterocycles. The SMILES string of the molecule is N=C=O.O=C=NP(=O)(F)Cl. The molecule has 0 heterocycles. The predicted molar refractivity (Wildman–Crippen MR) is 31.1 cm³/mol. The van der Waals surface area contributed by atoms with Crippen LogP contribution in [0.4, 0.5) is 4.20 Å². The summed E-state index contributed by atoms with van der Waals surface area (Å²) in [7, 11) is 0. The van der Waals surface area contributed by atoms with Gasteiger partial charge in [0, 0.05) is 11.2 Å². The highest BCUT2D eigenvalue weighted by atomic mass is 35.7. The van der Waals surface area contributed by atoms with E-state index in [4.69, 9.17) is 15.0 Å². The third-order valence-electron chi connectivity index (χ3n) is 0.157. The van der Waals surface area contributed by atoms with Crippen molar-refractivity contribution in [2.75, 3.05) is 0 Å². The Morgan fingerprint density at radius 3 is 1.90 bits per heavy atom. The van der Waals surface area contributed by atoms with Gasteiger partial charge in [-0.25, -0.2) is 19.6 Å². The van der Waals surface area contributed by atoms with Gasteiger partial charge in [0.1, 0.15) is 0 Å². The van der Waals surface area contributed by atoms with Crippen molar-refractivity contribution in [3.05, 3.63) is 0 Å². The minimum absolute atomic E-state index is 0.713. The Morgan fingerprint density at radius 2 is 1.90 bits per heavy atom. The molecule has 0 spiro atoms. The van der Waals surface area contributed by atoms with E-state index in [1.54, 1.807) is 0 Å². The van der Waals surface area contributed by atoms with Crippen molar-refractivity contribution >= 4 is 30.4 Å². The fourth-order valence-corrected chi connectivity index (χ4v) is 0.235. The van der Waals surface area contributed by atoms with Crippen LogP contribution in [0.1, 0.15) is 0 Å². The molecule has 0 saturated heterocycles. The van der Waals surface area contributed by atoms with Gasteiger partial charge >= 0.3 is 6.96 Å². The van der Waals surface area contributed by atoms with Crippen LogP contribution in [-0.2, 0) is 14.2 Å². The molecule has 0 amide bonds. The van der Waals surface area contributed by atoms with E-state index in [1.807, 2.05) is 0 Å². The van der Waals surface area contributed by atoms with Gasteiger partial charge in [-0.3, -0.25) is 0 Å². The highest BCUT2D eigenvalue weighted by molar-refractivity contribution is 7.84. The number of hydrogen-bond donors (Lipinski definition) is 1. The van der Waals surface area contributed by atoms with E-state index in [2.05, 4.69) is 16.0 Å². The van der Waals surface area contributed by atoms with Crippen molar-refractivity contribution in [3.63, 3.8) is 0 Å². The molecule has 0 saturated carbocycles. The number of carbonyl (C=O) groups excluding carboxylic acids is 2. The Hall–Kier alpha value is -0.790. The van der Waals surface area contributed by atoms with E-state index in [1.165, 1.54) is 0 Å².